The van der Waals surface area contributed by atoms with Crippen LogP contribution in [0.5, 0.6) is 17.2 Å². The quantitative estimate of drug-likeness (QED) is 0.772. The second kappa shape index (κ2) is 9.10. The zero-order chi connectivity index (χ0) is 19.2. The van der Waals surface area contributed by atoms with Crippen LogP contribution in [0.25, 0.3) is 0 Å². The van der Waals surface area contributed by atoms with Crippen LogP contribution >= 0.6 is 11.3 Å². The van der Waals surface area contributed by atoms with E-state index in [-0.39, 0.29) is 5.91 Å². The maximum Gasteiger partial charge on any atom is 0.227 e. The number of hydrogen-bond donors (Lipinski definition) is 1. The van der Waals surface area contributed by atoms with Crippen LogP contribution in [0.3, 0.4) is 0 Å². The average Bonchev–Trinajstić information content (AvgIpc) is 3.21. The van der Waals surface area contributed by atoms with E-state index in [1.165, 1.54) is 9.78 Å². The molecule has 0 bridgehead atoms. The van der Waals surface area contributed by atoms with Crippen molar-refractivity contribution in [2.45, 2.75) is 13.0 Å². The Kier molecular flexibility index (Phi) is 6.58. The molecule has 27 heavy (non-hydrogen) atoms. The van der Waals surface area contributed by atoms with E-state index in [2.05, 4.69) is 17.5 Å². The Morgan fingerprint density at radius 3 is 2.41 bits per heavy atom. The first-order chi connectivity index (χ1) is 13.2. The highest BCUT2D eigenvalue weighted by molar-refractivity contribution is 7.09. The van der Waals surface area contributed by atoms with Crippen LogP contribution in [0.4, 0.5) is 0 Å². The van der Waals surface area contributed by atoms with Gasteiger partial charge in [-0.1, -0.05) is 12.1 Å². The van der Waals surface area contributed by atoms with Gasteiger partial charge in [-0.2, -0.15) is 0 Å². The van der Waals surface area contributed by atoms with E-state index in [1.54, 1.807) is 32.7 Å². The number of ether oxygens (including phenoxy) is 3. The van der Waals surface area contributed by atoms with Crippen LogP contribution in [-0.4, -0.2) is 58.3 Å². The molecule has 0 radical (unpaired) electrons. The molecule has 2 aromatic rings. The molecule has 1 aliphatic heterocycles. The van der Waals surface area contributed by atoms with E-state index in [1.807, 2.05) is 17.0 Å². The number of carbonyl (C=O) groups is 1. The summed E-state index contributed by atoms with van der Waals surface area (Å²) in [5, 5.41) is 2.12. The maximum atomic E-state index is 12.8. The Labute approximate surface area is 164 Å². The molecule has 1 N–H and O–H groups in total. The van der Waals surface area contributed by atoms with Gasteiger partial charge in [0.25, 0.3) is 0 Å². The molecule has 1 aromatic carbocycles. The fraction of sp³-hybridized carbons (Fsp3) is 0.450. The van der Waals surface area contributed by atoms with Gasteiger partial charge in [-0.05, 0) is 17.5 Å². The molecular formula is C20H27N2O4S+. The van der Waals surface area contributed by atoms with Crippen molar-refractivity contribution in [2.24, 2.45) is 0 Å². The number of nitrogens with zero attached hydrogens (tertiary/aromatic N) is 1. The van der Waals surface area contributed by atoms with Gasteiger partial charge in [-0.15, -0.1) is 11.3 Å². The second-order valence-corrected chi connectivity index (χ2v) is 7.59. The molecule has 1 aliphatic rings. The molecule has 1 amide bonds. The first-order valence-electron chi connectivity index (χ1n) is 9.07. The lowest BCUT2D eigenvalue weighted by Gasteiger charge is -2.32. The summed E-state index contributed by atoms with van der Waals surface area (Å²) in [5.41, 5.74) is 0.813. The van der Waals surface area contributed by atoms with Crippen LogP contribution in [0.1, 0.15) is 10.4 Å². The minimum Gasteiger partial charge on any atom is -0.493 e. The highest BCUT2D eigenvalue weighted by Gasteiger charge is 2.26. The summed E-state index contributed by atoms with van der Waals surface area (Å²) in [7, 11) is 4.74. The molecule has 1 aromatic heterocycles. The van der Waals surface area contributed by atoms with Crippen LogP contribution in [0.2, 0.25) is 0 Å². The lowest BCUT2D eigenvalue weighted by Crippen LogP contribution is -3.13. The van der Waals surface area contributed by atoms with Crippen molar-refractivity contribution in [3.8, 4) is 17.2 Å². The number of piperazine rings is 1. The number of quaternary nitrogens is 1. The lowest BCUT2D eigenvalue weighted by molar-refractivity contribution is -0.917. The first kappa shape index (κ1) is 19.5. The third-order valence-corrected chi connectivity index (χ3v) is 5.83. The number of hydrogen-bond acceptors (Lipinski definition) is 5. The monoisotopic (exact) mass is 391 g/mol. The number of nitrogens with one attached hydrogen (secondary N) is 1. The van der Waals surface area contributed by atoms with Crippen molar-refractivity contribution in [3.63, 3.8) is 0 Å². The molecule has 0 unspecified atom stereocenters. The molecule has 0 saturated carbocycles. The van der Waals surface area contributed by atoms with E-state index in [4.69, 9.17) is 14.2 Å². The van der Waals surface area contributed by atoms with E-state index >= 15 is 0 Å². The topological polar surface area (TPSA) is 52.4 Å². The minimum absolute atomic E-state index is 0.121. The highest BCUT2D eigenvalue weighted by atomic mass is 32.1. The zero-order valence-electron chi connectivity index (χ0n) is 16.1. The Morgan fingerprint density at radius 2 is 1.81 bits per heavy atom. The van der Waals surface area contributed by atoms with Gasteiger partial charge >= 0.3 is 0 Å². The number of amides is 1. The highest BCUT2D eigenvalue weighted by Crippen LogP contribution is 2.40. The first-order valence-corrected chi connectivity index (χ1v) is 9.95. The predicted molar refractivity (Wildman–Crippen MR) is 105 cm³/mol. The number of carbonyl (C=O) groups excluding carboxylic acids is 1. The van der Waals surface area contributed by atoms with Crippen LogP contribution in [0.15, 0.2) is 29.6 Å². The van der Waals surface area contributed by atoms with Gasteiger partial charge in [-0.25, -0.2) is 0 Å². The molecule has 0 spiro atoms. The molecule has 7 heteroatoms. The fourth-order valence-corrected chi connectivity index (χ4v) is 4.26. The molecule has 0 atom stereocenters. The number of rotatable bonds is 7. The number of thiophene rings is 1. The molecule has 1 saturated heterocycles. The lowest BCUT2D eigenvalue weighted by atomic mass is 10.1. The molecule has 6 nitrogen and oxygen atoms in total. The number of methoxy groups -OCH3 is 3. The van der Waals surface area contributed by atoms with Gasteiger partial charge in [0.1, 0.15) is 6.54 Å². The van der Waals surface area contributed by atoms with Gasteiger partial charge in [0.05, 0.1) is 58.8 Å². The van der Waals surface area contributed by atoms with Gasteiger partial charge in [0, 0.05) is 5.56 Å². The molecule has 2 heterocycles. The molecule has 3 rings (SSSR count). The van der Waals surface area contributed by atoms with Gasteiger partial charge in [0.15, 0.2) is 11.5 Å². The Bertz CT molecular complexity index is 756. The Hall–Kier alpha value is -2.25. The molecule has 146 valence electrons. The Morgan fingerprint density at radius 1 is 1.07 bits per heavy atom. The minimum atomic E-state index is 0.121. The van der Waals surface area contributed by atoms with Crippen molar-refractivity contribution in [1.82, 2.24) is 4.90 Å². The maximum absolute atomic E-state index is 12.8. The predicted octanol–water partition coefficient (Wildman–Crippen LogP) is 1.24. The average molecular weight is 392 g/mol. The second-order valence-electron chi connectivity index (χ2n) is 6.56. The zero-order valence-corrected chi connectivity index (χ0v) is 16.9. The van der Waals surface area contributed by atoms with Crippen molar-refractivity contribution >= 4 is 17.2 Å². The van der Waals surface area contributed by atoms with E-state index in [0.29, 0.717) is 23.7 Å². The van der Waals surface area contributed by atoms with Crippen molar-refractivity contribution in [1.29, 1.82) is 0 Å². The summed E-state index contributed by atoms with van der Waals surface area (Å²) in [6.45, 7) is 4.58. The Balaban J connectivity index is 1.61. The summed E-state index contributed by atoms with van der Waals surface area (Å²) in [4.78, 5) is 17.7. The third-order valence-electron chi connectivity index (χ3n) is 4.95. The summed E-state index contributed by atoms with van der Waals surface area (Å²) in [6, 6.07) is 7.96. The fourth-order valence-electron chi connectivity index (χ4n) is 3.49. The van der Waals surface area contributed by atoms with Crippen molar-refractivity contribution in [2.75, 3.05) is 47.5 Å². The summed E-state index contributed by atoms with van der Waals surface area (Å²) in [5.74, 6) is 1.80. The van der Waals surface area contributed by atoms with Gasteiger partial charge in [-0.3, -0.25) is 4.79 Å². The summed E-state index contributed by atoms with van der Waals surface area (Å²) in [6.07, 6.45) is 0.295. The third kappa shape index (κ3) is 4.54. The largest absolute Gasteiger partial charge is 0.493 e. The molecule has 1 fully saturated rings. The molecule has 0 aliphatic carbocycles. The number of benzene rings is 1. The van der Waals surface area contributed by atoms with Crippen LogP contribution in [-0.2, 0) is 17.8 Å². The van der Waals surface area contributed by atoms with E-state index in [9.17, 15) is 4.79 Å². The standard InChI is InChI=1S/C20H26N2O4S/c1-24-17-7-6-15(19(25-2)20(17)26-3)13-18(23)22-10-8-21(9-11-22)14-16-5-4-12-27-16/h4-7,12H,8-11,13-14H2,1-3H3/p+1. The smallest absolute Gasteiger partial charge is 0.227 e. The van der Waals surface area contributed by atoms with E-state index < -0.39 is 0 Å². The van der Waals surface area contributed by atoms with Crippen molar-refractivity contribution < 1.29 is 23.9 Å². The van der Waals surface area contributed by atoms with Crippen LogP contribution in [0, 0.1) is 0 Å². The van der Waals surface area contributed by atoms with Gasteiger partial charge in [0.2, 0.25) is 11.7 Å². The van der Waals surface area contributed by atoms with E-state index in [0.717, 1.165) is 38.3 Å². The summed E-state index contributed by atoms with van der Waals surface area (Å²) >= 11 is 1.80. The van der Waals surface area contributed by atoms with Gasteiger partial charge < -0.3 is 24.0 Å². The SMILES string of the molecule is COc1ccc(CC(=O)N2CC[NH+](Cc3cccs3)CC2)c(OC)c1OC. The van der Waals surface area contributed by atoms with Crippen molar-refractivity contribution in [3.05, 3.63) is 40.1 Å². The summed E-state index contributed by atoms with van der Waals surface area (Å²) < 4.78 is 16.2. The molecular weight excluding hydrogens is 364 g/mol. The van der Waals surface area contributed by atoms with Crippen LogP contribution < -0.4 is 19.1 Å². The normalized spacial score (nSPS) is 14.9.